The molecule has 0 atom stereocenters. The molecule has 21 heavy (non-hydrogen) atoms. The quantitative estimate of drug-likeness (QED) is 0.665. The molecule has 0 spiro atoms. The maximum Gasteiger partial charge on any atom is 0.193 e. The zero-order chi connectivity index (χ0) is 15.2. The fourth-order valence-electron chi connectivity index (χ4n) is 2.34. The van der Waals surface area contributed by atoms with Gasteiger partial charge < -0.3 is 11.1 Å². The number of anilines is 1. The van der Waals surface area contributed by atoms with Gasteiger partial charge >= 0.3 is 0 Å². The maximum absolute atomic E-state index is 5.91. The van der Waals surface area contributed by atoms with Crippen LogP contribution in [0.3, 0.4) is 0 Å². The first-order chi connectivity index (χ1) is 10.0. The molecular weight excluding hydrogens is 258 g/mol. The molecule has 0 aromatic heterocycles. The second kappa shape index (κ2) is 6.93. The summed E-state index contributed by atoms with van der Waals surface area (Å²) >= 11 is 0. The lowest BCUT2D eigenvalue weighted by molar-refractivity contribution is 0.960. The molecule has 2 aromatic rings. The van der Waals surface area contributed by atoms with E-state index in [-0.39, 0.29) is 0 Å². The molecule has 110 valence electrons. The molecule has 0 amide bonds. The Balaban J connectivity index is 1.89. The summed E-state index contributed by atoms with van der Waals surface area (Å²) in [4.78, 5) is 4.38. The molecule has 0 saturated heterocycles. The summed E-state index contributed by atoms with van der Waals surface area (Å²) in [5.41, 5.74) is 12.0. The Morgan fingerprint density at radius 1 is 0.952 bits per heavy atom. The summed E-state index contributed by atoms with van der Waals surface area (Å²) in [6.45, 7) is 6.98. The molecule has 3 heteroatoms. The molecule has 2 rings (SSSR count). The smallest absolute Gasteiger partial charge is 0.193 e. The van der Waals surface area contributed by atoms with Crippen LogP contribution in [0, 0.1) is 20.8 Å². The van der Waals surface area contributed by atoms with Crippen LogP contribution in [0.15, 0.2) is 47.5 Å². The van der Waals surface area contributed by atoms with Gasteiger partial charge in [0.25, 0.3) is 0 Å². The summed E-state index contributed by atoms with van der Waals surface area (Å²) in [7, 11) is 0. The van der Waals surface area contributed by atoms with Crippen LogP contribution in [-0.4, -0.2) is 12.5 Å². The SMILES string of the molecule is Cc1ccc(NC(N)=NCCc2cc(C)cc(C)c2)cc1. The summed E-state index contributed by atoms with van der Waals surface area (Å²) in [5, 5.41) is 3.11. The highest BCUT2D eigenvalue weighted by molar-refractivity contribution is 5.92. The first-order valence-electron chi connectivity index (χ1n) is 7.24. The van der Waals surface area contributed by atoms with Crippen LogP contribution in [0.25, 0.3) is 0 Å². The number of benzene rings is 2. The Hall–Kier alpha value is -2.29. The van der Waals surface area contributed by atoms with Gasteiger partial charge in [0.05, 0.1) is 0 Å². The number of guanidine groups is 1. The van der Waals surface area contributed by atoms with Crippen molar-refractivity contribution in [1.82, 2.24) is 0 Å². The van der Waals surface area contributed by atoms with Crippen LogP contribution in [0.5, 0.6) is 0 Å². The highest BCUT2D eigenvalue weighted by Gasteiger charge is 1.97. The fraction of sp³-hybridized carbons (Fsp3) is 0.278. The third kappa shape index (κ3) is 4.95. The van der Waals surface area contributed by atoms with Gasteiger partial charge in [-0.2, -0.15) is 0 Å². The predicted octanol–water partition coefficient (Wildman–Crippen LogP) is 3.58. The molecule has 3 N–H and O–H groups in total. The first kappa shape index (κ1) is 15.1. The van der Waals surface area contributed by atoms with Crippen LogP contribution < -0.4 is 11.1 Å². The van der Waals surface area contributed by atoms with Crippen LogP contribution in [0.1, 0.15) is 22.3 Å². The average molecular weight is 281 g/mol. The Labute approximate surface area is 126 Å². The molecule has 0 aliphatic rings. The van der Waals surface area contributed by atoms with Crippen molar-refractivity contribution in [2.45, 2.75) is 27.2 Å². The fourth-order valence-corrected chi connectivity index (χ4v) is 2.34. The van der Waals surface area contributed by atoms with Crippen molar-refractivity contribution in [3.05, 3.63) is 64.7 Å². The van der Waals surface area contributed by atoms with E-state index in [1.807, 2.05) is 24.3 Å². The van der Waals surface area contributed by atoms with Gasteiger partial charge in [0.2, 0.25) is 0 Å². The number of nitrogens with two attached hydrogens (primary N) is 1. The van der Waals surface area contributed by atoms with E-state index < -0.39 is 0 Å². The minimum Gasteiger partial charge on any atom is -0.370 e. The first-order valence-corrected chi connectivity index (χ1v) is 7.24. The van der Waals surface area contributed by atoms with Gasteiger partial charge in [-0.15, -0.1) is 0 Å². The van der Waals surface area contributed by atoms with E-state index in [9.17, 15) is 0 Å². The largest absolute Gasteiger partial charge is 0.370 e. The summed E-state index contributed by atoms with van der Waals surface area (Å²) < 4.78 is 0. The van der Waals surface area contributed by atoms with Crippen molar-refractivity contribution in [1.29, 1.82) is 0 Å². The molecule has 0 aliphatic heterocycles. The topological polar surface area (TPSA) is 50.4 Å². The van der Waals surface area contributed by atoms with Gasteiger partial charge in [0, 0.05) is 12.2 Å². The minimum atomic E-state index is 0.461. The Kier molecular flexibility index (Phi) is 4.99. The molecule has 0 bridgehead atoms. The number of nitrogens with one attached hydrogen (secondary N) is 1. The van der Waals surface area contributed by atoms with E-state index in [2.05, 4.69) is 49.3 Å². The van der Waals surface area contributed by atoms with Crippen molar-refractivity contribution in [3.63, 3.8) is 0 Å². The van der Waals surface area contributed by atoms with E-state index in [1.165, 1.54) is 22.3 Å². The molecule has 0 unspecified atom stereocenters. The number of hydrogen-bond donors (Lipinski definition) is 2. The van der Waals surface area contributed by atoms with Gasteiger partial charge in [-0.25, -0.2) is 0 Å². The molecule has 0 saturated carbocycles. The van der Waals surface area contributed by atoms with Crippen molar-refractivity contribution >= 4 is 11.6 Å². The van der Waals surface area contributed by atoms with Crippen molar-refractivity contribution in [3.8, 4) is 0 Å². The van der Waals surface area contributed by atoms with Gasteiger partial charge in [0.15, 0.2) is 5.96 Å². The van der Waals surface area contributed by atoms with Gasteiger partial charge in [-0.3, -0.25) is 4.99 Å². The molecular formula is C18H23N3. The monoisotopic (exact) mass is 281 g/mol. The van der Waals surface area contributed by atoms with E-state index in [1.54, 1.807) is 0 Å². The Morgan fingerprint density at radius 3 is 2.19 bits per heavy atom. The molecule has 2 aromatic carbocycles. The van der Waals surface area contributed by atoms with Crippen molar-refractivity contribution in [2.24, 2.45) is 10.7 Å². The van der Waals surface area contributed by atoms with Gasteiger partial charge in [-0.1, -0.05) is 47.0 Å². The van der Waals surface area contributed by atoms with Crippen molar-refractivity contribution in [2.75, 3.05) is 11.9 Å². The van der Waals surface area contributed by atoms with Crippen LogP contribution in [-0.2, 0) is 6.42 Å². The lowest BCUT2D eigenvalue weighted by atomic mass is 10.1. The Bertz CT molecular complexity index is 607. The normalized spacial score (nSPS) is 11.5. The van der Waals surface area contributed by atoms with Crippen LogP contribution in [0.4, 0.5) is 5.69 Å². The highest BCUT2D eigenvalue weighted by atomic mass is 15.1. The van der Waals surface area contributed by atoms with E-state index >= 15 is 0 Å². The highest BCUT2D eigenvalue weighted by Crippen LogP contribution is 2.10. The molecule has 0 fully saturated rings. The van der Waals surface area contributed by atoms with Gasteiger partial charge in [0.1, 0.15) is 0 Å². The zero-order valence-corrected chi connectivity index (χ0v) is 13.0. The summed E-state index contributed by atoms with van der Waals surface area (Å²) in [5.74, 6) is 0.461. The molecule has 3 nitrogen and oxygen atoms in total. The molecule has 0 heterocycles. The predicted molar refractivity (Wildman–Crippen MR) is 90.9 cm³/mol. The van der Waals surface area contributed by atoms with Crippen LogP contribution >= 0.6 is 0 Å². The average Bonchev–Trinajstić information content (AvgIpc) is 2.40. The second-order valence-corrected chi connectivity index (χ2v) is 5.50. The number of rotatable bonds is 4. The summed E-state index contributed by atoms with van der Waals surface area (Å²) in [6.07, 6.45) is 0.902. The number of nitrogens with zero attached hydrogens (tertiary/aromatic N) is 1. The Morgan fingerprint density at radius 2 is 1.57 bits per heavy atom. The van der Waals surface area contributed by atoms with E-state index in [0.29, 0.717) is 12.5 Å². The molecule has 0 aliphatic carbocycles. The van der Waals surface area contributed by atoms with Gasteiger partial charge in [-0.05, 0) is 44.9 Å². The standard InChI is InChI=1S/C18H23N3/c1-13-4-6-17(7-5-13)21-18(19)20-9-8-16-11-14(2)10-15(3)12-16/h4-7,10-12H,8-9H2,1-3H3,(H3,19,20,21). The van der Waals surface area contributed by atoms with Crippen molar-refractivity contribution < 1.29 is 0 Å². The number of aryl methyl sites for hydroxylation is 3. The maximum atomic E-state index is 5.91. The lowest BCUT2D eigenvalue weighted by Crippen LogP contribution is -2.23. The third-order valence-corrected chi connectivity index (χ3v) is 3.29. The third-order valence-electron chi connectivity index (χ3n) is 3.29. The zero-order valence-electron chi connectivity index (χ0n) is 13.0. The van der Waals surface area contributed by atoms with E-state index in [0.717, 1.165) is 12.1 Å². The second-order valence-electron chi connectivity index (χ2n) is 5.50. The number of hydrogen-bond acceptors (Lipinski definition) is 1. The van der Waals surface area contributed by atoms with Crippen LogP contribution in [0.2, 0.25) is 0 Å². The summed E-state index contributed by atoms with van der Waals surface area (Å²) in [6, 6.07) is 14.7. The molecule has 0 radical (unpaired) electrons. The number of aliphatic imine (C=N–C) groups is 1. The lowest BCUT2D eigenvalue weighted by Gasteiger charge is -2.06. The minimum absolute atomic E-state index is 0.461. The van der Waals surface area contributed by atoms with E-state index in [4.69, 9.17) is 5.73 Å².